The molecular formula is C6H9N3O. The molecule has 0 saturated heterocycles. The van der Waals surface area contributed by atoms with Gasteiger partial charge < -0.3 is 0 Å². The number of amides is 1. The van der Waals surface area contributed by atoms with Crippen LogP contribution < -0.4 is 0 Å². The monoisotopic (exact) mass is 139 g/mol. The lowest BCUT2D eigenvalue weighted by Gasteiger charge is -2.01. The Morgan fingerprint density at radius 2 is 2.50 bits per heavy atom. The van der Waals surface area contributed by atoms with E-state index < -0.39 is 0 Å². The minimum Gasteiger partial charge on any atom is -0.277 e. The zero-order valence-electron chi connectivity index (χ0n) is 6.03. The van der Waals surface area contributed by atoms with Crippen LogP contribution in [0.5, 0.6) is 0 Å². The predicted octanol–water partition coefficient (Wildman–Crippen LogP) is 0.364. The van der Waals surface area contributed by atoms with E-state index in [0.717, 1.165) is 5.01 Å². The van der Waals surface area contributed by atoms with Crippen LogP contribution in [0.25, 0.3) is 0 Å². The van der Waals surface area contributed by atoms with Crippen LogP contribution in [-0.2, 0) is 4.79 Å². The van der Waals surface area contributed by atoms with E-state index in [1.54, 1.807) is 6.92 Å². The molecule has 0 N–H and O–H groups in total. The highest BCUT2D eigenvalue weighted by Gasteiger charge is 1.90. The molecule has 4 nitrogen and oxygen atoms in total. The van der Waals surface area contributed by atoms with E-state index in [1.165, 1.54) is 7.05 Å². The number of hydrogen-bond acceptors (Lipinski definition) is 3. The second-order valence-corrected chi connectivity index (χ2v) is 1.85. The molecule has 0 bridgehead atoms. The molecule has 0 heterocycles. The standard InChI is InChI=1S/C6H9N3O/c1-6(3-4-7)8-9(2)5-10/h5H,3H2,1-2H3. The van der Waals surface area contributed by atoms with Gasteiger partial charge >= 0.3 is 0 Å². The Labute approximate surface area is 59.7 Å². The summed E-state index contributed by atoms with van der Waals surface area (Å²) in [6.45, 7) is 1.70. The third-order valence-corrected chi connectivity index (χ3v) is 0.816. The molecule has 0 aliphatic carbocycles. The molecule has 0 aliphatic rings. The average molecular weight is 139 g/mol. The second kappa shape index (κ2) is 4.50. The SMILES string of the molecule is CC(CC#N)=NN(C)C=O. The maximum atomic E-state index is 9.98. The Balaban J connectivity index is 3.91. The van der Waals surface area contributed by atoms with E-state index in [9.17, 15) is 4.79 Å². The minimum absolute atomic E-state index is 0.262. The number of nitriles is 1. The zero-order chi connectivity index (χ0) is 7.98. The summed E-state index contributed by atoms with van der Waals surface area (Å²) in [5.41, 5.74) is 0.636. The van der Waals surface area contributed by atoms with Crippen molar-refractivity contribution in [3.63, 3.8) is 0 Å². The Morgan fingerprint density at radius 1 is 1.90 bits per heavy atom. The topological polar surface area (TPSA) is 56.5 Å². The maximum absolute atomic E-state index is 9.98. The number of carbonyl (C=O) groups excluding carboxylic acids is 1. The molecule has 0 aliphatic heterocycles. The molecule has 10 heavy (non-hydrogen) atoms. The number of hydrogen-bond donors (Lipinski definition) is 0. The number of nitrogens with zero attached hydrogens (tertiary/aromatic N) is 3. The largest absolute Gasteiger partial charge is 0.277 e. The molecule has 0 fully saturated rings. The summed E-state index contributed by atoms with van der Waals surface area (Å²) in [5.74, 6) is 0. The molecule has 0 radical (unpaired) electrons. The third-order valence-electron chi connectivity index (χ3n) is 0.816. The van der Waals surface area contributed by atoms with Gasteiger partial charge in [0.2, 0.25) is 6.41 Å². The van der Waals surface area contributed by atoms with Crippen molar-refractivity contribution in [2.45, 2.75) is 13.3 Å². The zero-order valence-corrected chi connectivity index (χ0v) is 6.03. The van der Waals surface area contributed by atoms with Gasteiger partial charge in [-0.1, -0.05) is 0 Å². The van der Waals surface area contributed by atoms with Gasteiger partial charge in [0.15, 0.2) is 0 Å². The van der Waals surface area contributed by atoms with Crippen molar-refractivity contribution in [1.29, 1.82) is 5.26 Å². The molecular weight excluding hydrogens is 130 g/mol. The molecule has 4 heteroatoms. The lowest BCUT2D eigenvalue weighted by molar-refractivity contribution is -0.117. The van der Waals surface area contributed by atoms with E-state index in [1.807, 2.05) is 6.07 Å². The van der Waals surface area contributed by atoms with Crippen molar-refractivity contribution in [1.82, 2.24) is 5.01 Å². The predicted molar refractivity (Wildman–Crippen MR) is 37.2 cm³/mol. The minimum atomic E-state index is 0.262. The van der Waals surface area contributed by atoms with Crippen LogP contribution in [-0.4, -0.2) is 24.2 Å². The molecule has 1 amide bonds. The Hall–Kier alpha value is -1.37. The van der Waals surface area contributed by atoms with Crippen LogP contribution in [0, 0.1) is 11.3 Å². The maximum Gasteiger partial charge on any atom is 0.229 e. The number of rotatable bonds is 3. The van der Waals surface area contributed by atoms with Gasteiger partial charge in [0, 0.05) is 12.8 Å². The smallest absolute Gasteiger partial charge is 0.229 e. The summed E-state index contributed by atoms with van der Waals surface area (Å²) in [6, 6.07) is 1.92. The van der Waals surface area contributed by atoms with Gasteiger partial charge in [0.05, 0.1) is 12.5 Å². The second-order valence-electron chi connectivity index (χ2n) is 1.85. The average Bonchev–Trinajstić information content (AvgIpc) is 1.88. The van der Waals surface area contributed by atoms with Crippen molar-refractivity contribution in [2.24, 2.45) is 5.10 Å². The van der Waals surface area contributed by atoms with Gasteiger partial charge in [-0.05, 0) is 6.92 Å². The molecule has 0 unspecified atom stereocenters. The summed E-state index contributed by atoms with van der Waals surface area (Å²) < 4.78 is 0. The summed E-state index contributed by atoms with van der Waals surface area (Å²) >= 11 is 0. The van der Waals surface area contributed by atoms with E-state index in [-0.39, 0.29) is 6.42 Å². The van der Waals surface area contributed by atoms with Crippen molar-refractivity contribution in [2.75, 3.05) is 7.05 Å². The van der Waals surface area contributed by atoms with Gasteiger partial charge in [-0.3, -0.25) is 4.79 Å². The fourth-order valence-electron chi connectivity index (χ4n) is 0.443. The van der Waals surface area contributed by atoms with Crippen LogP contribution in [0.15, 0.2) is 5.10 Å². The van der Waals surface area contributed by atoms with Crippen LogP contribution in [0.2, 0.25) is 0 Å². The van der Waals surface area contributed by atoms with Crippen LogP contribution in [0.1, 0.15) is 13.3 Å². The number of hydrazone groups is 1. The van der Waals surface area contributed by atoms with E-state index in [0.29, 0.717) is 12.1 Å². The van der Waals surface area contributed by atoms with Gasteiger partial charge in [0.1, 0.15) is 0 Å². The van der Waals surface area contributed by atoms with E-state index in [4.69, 9.17) is 5.26 Å². The van der Waals surface area contributed by atoms with Crippen LogP contribution >= 0.6 is 0 Å². The van der Waals surface area contributed by atoms with Gasteiger partial charge in [0.25, 0.3) is 0 Å². The fourth-order valence-corrected chi connectivity index (χ4v) is 0.443. The Bertz CT molecular complexity index is 180. The molecule has 0 saturated carbocycles. The summed E-state index contributed by atoms with van der Waals surface area (Å²) in [7, 11) is 1.52. The number of carbonyl (C=O) groups is 1. The van der Waals surface area contributed by atoms with E-state index >= 15 is 0 Å². The first-order valence-corrected chi connectivity index (χ1v) is 2.80. The molecule has 0 atom stereocenters. The highest BCUT2D eigenvalue weighted by atomic mass is 16.1. The lowest BCUT2D eigenvalue weighted by Crippen LogP contribution is -2.09. The van der Waals surface area contributed by atoms with Gasteiger partial charge in [-0.15, -0.1) is 0 Å². The van der Waals surface area contributed by atoms with E-state index in [2.05, 4.69) is 5.10 Å². The molecule has 0 aromatic heterocycles. The van der Waals surface area contributed by atoms with Gasteiger partial charge in [-0.25, -0.2) is 5.01 Å². The Kier molecular flexibility index (Phi) is 3.89. The highest BCUT2D eigenvalue weighted by molar-refractivity contribution is 5.84. The van der Waals surface area contributed by atoms with Crippen LogP contribution in [0.4, 0.5) is 0 Å². The molecule has 0 aromatic carbocycles. The first-order valence-electron chi connectivity index (χ1n) is 2.80. The first kappa shape index (κ1) is 8.63. The van der Waals surface area contributed by atoms with Crippen molar-refractivity contribution in [3.8, 4) is 6.07 Å². The molecule has 0 spiro atoms. The Morgan fingerprint density at radius 3 is 2.90 bits per heavy atom. The summed E-state index contributed by atoms with van der Waals surface area (Å²) in [6.07, 6.45) is 0.846. The van der Waals surface area contributed by atoms with Crippen LogP contribution in [0.3, 0.4) is 0 Å². The molecule has 0 rings (SSSR count). The van der Waals surface area contributed by atoms with Crippen molar-refractivity contribution >= 4 is 12.1 Å². The fraction of sp³-hybridized carbons (Fsp3) is 0.500. The molecule has 0 aromatic rings. The molecule has 54 valence electrons. The van der Waals surface area contributed by atoms with Gasteiger partial charge in [-0.2, -0.15) is 10.4 Å². The first-order chi connectivity index (χ1) is 4.70. The third kappa shape index (κ3) is 3.61. The van der Waals surface area contributed by atoms with Crippen molar-refractivity contribution in [3.05, 3.63) is 0 Å². The quantitative estimate of drug-likeness (QED) is 0.322. The summed E-state index contributed by atoms with van der Waals surface area (Å²) in [4.78, 5) is 9.98. The summed E-state index contributed by atoms with van der Waals surface area (Å²) in [5, 5.41) is 13.1. The highest BCUT2D eigenvalue weighted by Crippen LogP contribution is 1.85. The van der Waals surface area contributed by atoms with Crippen molar-refractivity contribution < 1.29 is 4.79 Å². The normalized spacial score (nSPS) is 10.3. The lowest BCUT2D eigenvalue weighted by atomic mass is 10.3.